The number of nitrogens with one attached hydrogen (secondary N) is 1. The summed E-state index contributed by atoms with van der Waals surface area (Å²) >= 11 is 9.32. The zero-order valence-corrected chi connectivity index (χ0v) is 14.5. The molecule has 1 atom stereocenters. The molecule has 6 heteroatoms. The van der Waals surface area contributed by atoms with Gasteiger partial charge >= 0.3 is 0 Å². The van der Waals surface area contributed by atoms with Gasteiger partial charge in [-0.3, -0.25) is 4.79 Å². The highest BCUT2D eigenvalue weighted by Crippen LogP contribution is 2.24. The Morgan fingerprint density at radius 2 is 2.15 bits per heavy atom. The van der Waals surface area contributed by atoms with Gasteiger partial charge in [0.25, 0.3) is 5.91 Å². The zero-order valence-electron chi connectivity index (χ0n) is 11.4. The van der Waals surface area contributed by atoms with Crippen LogP contribution in [0.2, 0.25) is 5.02 Å². The molecule has 0 radical (unpaired) electrons. The average molecular weight is 382 g/mol. The first-order chi connectivity index (χ1) is 9.09. The lowest BCUT2D eigenvalue weighted by Gasteiger charge is -2.27. The second-order valence-electron chi connectivity index (χ2n) is 4.87. The van der Waals surface area contributed by atoms with Crippen LogP contribution >= 0.6 is 39.9 Å². The van der Waals surface area contributed by atoms with Crippen LogP contribution in [0.15, 0.2) is 22.7 Å². The van der Waals surface area contributed by atoms with Crippen molar-refractivity contribution < 1.29 is 4.79 Å². The maximum absolute atomic E-state index is 12.5. The van der Waals surface area contributed by atoms with Gasteiger partial charge in [-0.2, -0.15) is 0 Å². The first-order valence-corrected chi connectivity index (χ1v) is 7.69. The van der Waals surface area contributed by atoms with Crippen molar-refractivity contribution >= 4 is 45.8 Å². The van der Waals surface area contributed by atoms with Gasteiger partial charge in [-0.1, -0.05) is 11.6 Å². The minimum atomic E-state index is 0. The molecule has 1 amide bonds. The Morgan fingerprint density at radius 3 is 2.85 bits per heavy atom. The Labute approximate surface area is 139 Å². The minimum Gasteiger partial charge on any atom is -0.339 e. The number of carbonyl (C=O) groups is 1. The van der Waals surface area contributed by atoms with Crippen molar-refractivity contribution in [3.05, 3.63) is 33.3 Å². The Morgan fingerprint density at radius 1 is 1.40 bits per heavy atom. The van der Waals surface area contributed by atoms with Gasteiger partial charge in [-0.15, -0.1) is 12.4 Å². The molecule has 2 rings (SSSR count). The minimum absolute atomic E-state index is 0. The van der Waals surface area contributed by atoms with Crippen molar-refractivity contribution in [3.8, 4) is 0 Å². The van der Waals surface area contributed by atoms with Gasteiger partial charge in [0.1, 0.15) is 0 Å². The van der Waals surface area contributed by atoms with Crippen LogP contribution in [0.5, 0.6) is 0 Å². The van der Waals surface area contributed by atoms with Crippen molar-refractivity contribution in [2.45, 2.75) is 25.3 Å². The molecule has 1 heterocycles. The van der Waals surface area contributed by atoms with Crippen molar-refractivity contribution in [1.29, 1.82) is 0 Å². The van der Waals surface area contributed by atoms with Gasteiger partial charge in [-0.25, -0.2) is 0 Å². The summed E-state index contributed by atoms with van der Waals surface area (Å²) in [6.07, 6.45) is 3.18. The summed E-state index contributed by atoms with van der Waals surface area (Å²) in [5, 5.41) is 3.99. The number of hydrogen-bond donors (Lipinski definition) is 1. The standard InChI is InChI=1S/C14H18BrClN2O.ClH/c1-18(11-3-2-7-17-8-6-11)14(19)12-5-4-10(16)9-13(12)15;/h4-5,9,11,17H,2-3,6-8H2,1H3;1H. The van der Waals surface area contributed by atoms with Gasteiger partial charge in [0.15, 0.2) is 0 Å². The summed E-state index contributed by atoms with van der Waals surface area (Å²) in [6, 6.07) is 5.60. The van der Waals surface area contributed by atoms with E-state index in [0.29, 0.717) is 16.6 Å². The maximum atomic E-state index is 12.5. The third kappa shape index (κ3) is 4.35. The van der Waals surface area contributed by atoms with Crippen LogP contribution in [0.25, 0.3) is 0 Å². The average Bonchev–Trinajstić information content (AvgIpc) is 2.66. The molecule has 1 aromatic rings. The lowest BCUT2D eigenvalue weighted by Crippen LogP contribution is -2.37. The fraction of sp³-hybridized carbons (Fsp3) is 0.500. The molecule has 1 aliphatic rings. The van der Waals surface area contributed by atoms with Crippen LogP contribution in [-0.4, -0.2) is 37.0 Å². The SMILES string of the molecule is CN(C(=O)c1ccc(Cl)cc1Br)C1CCCNCC1.Cl. The molecular formula is C14H19BrCl2N2O. The summed E-state index contributed by atoms with van der Waals surface area (Å²) in [5.41, 5.74) is 0.670. The molecule has 0 aromatic heterocycles. The highest BCUT2D eigenvalue weighted by molar-refractivity contribution is 9.10. The van der Waals surface area contributed by atoms with E-state index in [2.05, 4.69) is 21.2 Å². The number of benzene rings is 1. The van der Waals surface area contributed by atoms with Crippen LogP contribution in [0.3, 0.4) is 0 Å². The normalized spacial score (nSPS) is 18.9. The summed E-state index contributed by atoms with van der Waals surface area (Å²) in [4.78, 5) is 14.4. The predicted molar refractivity (Wildman–Crippen MR) is 89.0 cm³/mol. The van der Waals surface area contributed by atoms with Crippen molar-refractivity contribution in [3.63, 3.8) is 0 Å². The summed E-state index contributed by atoms with van der Waals surface area (Å²) in [7, 11) is 1.89. The molecule has 1 aromatic carbocycles. The maximum Gasteiger partial charge on any atom is 0.254 e. The van der Waals surface area contributed by atoms with E-state index in [4.69, 9.17) is 11.6 Å². The van der Waals surface area contributed by atoms with E-state index in [1.165, 1.54) is 0 Å². The van der Waals surface area contributed by atoms with Crippen LogP contribution in [0.4, 0.5) is 0 Å². The van der Waals surface area contributed by atoms with Crippen LogP contribution in [0.1, 0.15) is 29.6 Å². The Kier molecular flexibility index (Phi) is 7.30. The largest absolute Gasteiger partial charge is 0.339 e. The van der Waals surface area contributed by atoms with Crippen molar-refractivity contribution in [2.75, 3.05) is 20.1 Å². The monoisotopic (exact) mass is 380 g/mol. The van der Waals surface area contributed by atoms with Crippen molar-refractivity contribution in [1.82, 2.24) is 10.2 Å². The smallest absolute Gasteiger partial charge is 0.254 e. The third-order valence-corrected chi connectivity index (χ3v) is 4.47. The molecule has 1 N–H and O–H groups in total. The van der Waals surface area contributed by atoms with Gasteiger partial charge in [0.05, 0.1) is 5.56 Å². The van der Waals surface area contributed by atoms with Gasteiger partial charge in [0, 0.05) is 22.6 Å². The number of nitrogens with zero attached hydrogens (tertiary/aromatic N) is 1. The van der Waals surface area contributed by atoms with E-state index in [1.54, 1.807) is 18.2 Å². The molecule has 1 fully saturated rings. The van der Waals surface area contributed by atoms with Crippen LogP contribution in [-0.2, 0) is 0 Å². The predicted octanol–water partition coefficient (Wildman–Crippen LogP) is 3.74. The molecule has 1 unspecified atom stereocenters. The van der Waals surface area contributed by atoms with E-state index in [0.717, 1.165) is 36.8 Å². The summed E-state index contributed by atoms with van der Waals surface area (Å²) in [6.45, 7) is 2.02. The lowest BCUT2D eigenvalue weighted by molar-refractivity contribution is 0.0719. The first-order valence-electron chi connectivity index (χ1n) is 6.52. The van der Waals surface area contributed by atoms with E-state index in [1.807, 2.05) is 11.9 Å². The molecule has 3 nitrogen and oxygen atoms in total. The number of hydrogen-bond acceptors (Lipinski definition) is 2. The third-order valence-electron chi connectivity index (χ3n) is 3.57. The Hall–Kier alpha value is -0.290. The van der Waals surface area contributed by atoms with Gasteiger partial charge < -0.3 is 10.2 Å². The topological polar surface area (TPSA) is 32.3 Å². The van der Waals surface area contributed by atoms with E-state index in [-0.39, 0.29) is 18.3 Å². The number of amides is 1. The summed E-state index contributed by atoms with van der Waals surface area (Å²) in [5.74, 6) is 0.0513. The lowest BCUT2D eigenvalue weighted by atomic mass is 10.1. The molecule has 1 aliphatic heterocycles. The molecule has 0 saturated carbocycles. The number of carbonyl (C=O) groups excluding carboxylic acids is 1. The van der Waals surface area contributed by atoms with Gasteiger partial charge in [-0.05, 0) is 66.5 Å². The van der Waals surface area contributed by atoms with Gasteiger partial charge in [0.2, 0.25) is 0 Å². The Bertz CT molecular complexity index is 462. The van der Waals surface area contributed by atoms with Crippen LogP contribution < -0.4 is 5.32 Å². The second kappa shape index (κ2) is 8.23. The van der Waals surface area contributed by atoms with E-state index < -0.39 is 0 Å². The fourth-order valence-electron chi connectivity index (χ4n) is 2.41. The van der Waals surface area contributed by atoms with E-state index >= 15 is 0 Å². The highest BCUT2D eigenvalue weighted by atomic mass is 79.9. The quantitative estimate of drug-likeness (QED) is 0.846. The van der Waals surface area contributed by atoms with Crippen molar-refractivity contribution in [2.24, 2.45) is 0 Å². The molecule has 1 saturated heterocycles. The highest BCUT2D eigenvalue weighted by Gasteiger charge is 2.23. The first kappa shape index (κ1) is 17.8. The van der Waals surface area contributed by atoms with E-state index in [9.17, 15) is 4.79 Å². The van der Waals surface area contributed by atoms with Crippen LogP contribution in [0, 0.1) is 0 Å². The molecule has 20 heavy (non-hydrogen) atoms. The molecule has 112 valence electrons. The fourth-order valence-corrected chi connectivity index (χ4v) is 3.26. The summed E-state index contributed by atoms with van der Waals surface area (Å²) < 4.78 is 0.753. The molecule has 0 aliphatic carbocycles. The number of rotatable bonds is 2. The number of halogens is 3. The second-order valence-corrected chi connectivity index (χ2v) is 6.17. The molecular weight excluding hydrogens is 363 g/mol. The Balaban J connectivity index is 0.00000200. The molecule has 0 spiro atoms. The molecule has 0 bridgehead atoms. The zero-order chi connectivity index (χ0) is 13.8.